The Morgan fingerprint density at radius 1 is 1.08 bits per heavy atom. The van der Waals surface area contributed by atoms with E-state index in [2.05, 4.69) is 40.8 Å². The lowest BCUT2D eigenvalue weighted by molar-refractivity contribution is 0.204. The summed E-state index contributed by atoms with van der Waals surface area (Å²) in [6.45, 7) is 5.93. The molecule has 2 aromatic carbocycles. The molecule has 0 bridgehead atoms. The largest absolute Gasteiger partial charge is 0.361 e. The van der Waals surface area contributed by atoms with E-state index in [0.717, 1.165) is 40.5 Å². The summed E-state index contributed by atoms with van der Waals surface area (Å²) in [6, 6.07) is 15.6. The molecule has 1 N–H and O–H groups in total. The van der Waals surface area contributed by atoms with Gasteiger partial charge < -0.3 is 4.98 Å². The Kier molecular flexibility index (Phi) is 4.43. The van der Waals surface area contributed by atoms with Gasteiger partial charge >= 0.3 is 0 Å². The highest BCUT2D eigenvalue weighted by molar-refractivity contribution is 5.83. The fraction of sp³-hybridized carbons (Fsp3) is 0.227. The number of halogens is 1. The first kappa shape index (κ1) is 16.7. The summed E-state index contributed by atoms with van der Waals surface area (Å²) in [4.78, 5) is 10.2. The monoisotopic (exact) mass is 347 g/mol. The van der Waals surface area contributed by atoms with Crippen LogP contribution in [0.5, 0.6) is 0 Å². The number of rotatable bonds is 5. The van der Waals surface area contributed by atoms with Crippen molar-refractivity contribution in [3.8, 4) is 0 Å². The molecule has 0 saturated carbocycles. The van der Waals surface area contributed by atoms with Crippen molar-refractivity contribution < 1.29 is 4.39 Å². The van der Waals surface area contributed by atoms with Crippen molar-refractivity contribution in [2.24, 2.45) is 0 Å². The Labute approximate surface area is 152 Å². The summed E-state index contributed by atoms with van der Waals surface area (Å²) in [5.41, 5.74) is 4.28. The third kappa shape index (κ3) is 3.33. The first-order valence-electron chi connectivity index (χ1n) is 8.93. The predicted molar refractivity (Wildman–Crippen MR) is 104 cm³/mol. The van der Waals surface area contributed by atoms with Gasteiger partial charge in [0.25, 0.3) is 0 Å². The maximum absolute atomic E-state index is 13.6. The van der Waals surface area contributed by atoms with Crippen LogP contribution in [0.2, 0.25) is 0 Å². The van der Waals surface area contributed by atoms with Gasteiger partial charge in [-0.15, -0.1) is 0 Å². The Hall–Kier alpha value is -2.72. The molecule has 0 aliphatic heterocycles. The zero-order valence-electron chi connectivity index (χ0n) is 15.0. The minimum atomic E-state index is -0.201. The lowest BCUT2D eigenvalue weighted by atomic mass is 10.1. The molecule has 132 valence electrons. The molecule has 4 rings (SSSR count). The van der Waals surface area contributed by atoms with Crippen molar-refractivity contribution in [2.75, 3.05) is 0 Å². The SMILES string of the molecule is CC(C)N(Cc1cnc2ccccc2c1)Cc1c[nH]c2ccc(F)cc12. The first-order chi connectivity index (χ1) is 12.6. The van der Waals surface area contributed by atoms with Crippen LogP contribution in [0, 0.1) is 5.82 Å². The number of nitrogens with zero attached hydrogens (tertiary/aromatic N) is 2. The van der Waals surface area contributed by atoms with Crippen molar-refractivity contribution >= 4 is 21.8 Å². The zero-order chi connectivity index (χ0) is 18.1. The topological polar surface area (TPSA) is 31.9 Å². The molecule has 0 unspecified atom stereocenters. The van der Waals surface area contributed by atoms with Crippen LogP contribution < -0.4 is 0 Å². The molecule has 26 heavy (non-hydrogen) atoms. The quantitative estimate of drug-likeness (QED) is 0.533. The van der Waals surface area contributed by atoms with Crippen LogP contribution in [0.15, 0.2) is 60.9 Å². The number of hydrogen-bond acceptors (Lipinski definition) is 2. The molecule has 0 fully saturated rings. The third-order valence-electron chi connectivity index (χ3n) is 4.87. The molecule has 0 aliphatic carbocycles. The number of fused-ring (bicyclic) bond motifs is 2. The molecule has 0 radical (unpaired) electrons. The van der Waals surface area contributed by atoms with Gasteiger partial charge in [-0.25, -0.2) is 4.39 Å². The number of benzene rings is 2. The Morgan fingerprint density at radius 3 is 2.77 bits per heavy atom. The average molecular weight is 347 g/mol. The van der Waals surface area contributed by atoms with E-state index in [-0.39, 0.29) is 5.82 Å². The van der Waals surface area contributed by atoms with Gasteiger partial charge in [-0.3, -0.25) is 9.88 Å². The highest BCUT2D eigenvalue weighted by Gasteiger charge is 2.14. The van der Waals surface area contributed by atoms with Gasteiger partial charge in [0, 0.05) is 47.8 Å². The summed E-state index contributed by atoms with van der Waals surface area (Å²) in [5, 5.41) is 2.11. The van der Waals surface area contributed by atoms with Crippen LogP contribution >= 0.6 is 0 Å². The second-order valence-electron chi connectivity index (χ2n) is 7.04. The zero-order valence-corrected chi connectivity index (χ0v) is 15.0. The van der Waals surface area contributed by atoms with Gasteiger partial charge in [-0.1, -0.05) is 18.2 Å². The van der Waals surface area contributed by atoms with Crippen LogP contribution in [0.4, 0.5) is 4.39 Å². The molecule has 0 amide bonds. The maximum Gasteiger partial charge on any atom is 0.123 e. The summed E-state index contributed by atoms with van der Waals surface area (Å²) in [5.74, 6) is -0.201. The number of aromatic amines is 1. The standard InChI is InChI=1S/C22H22FN3/c1-15(2)26(13-16-9-17-5-3-4-6-21(17)24-11-16)14-18-12-25-22-8-7-19(23)10-20(18)22/h3-12,15,25H,13-14H2,1-2H3. The second kappa shape index (κ2) is 6.89. The van der Waals surface area contributed by atoms with Crippen molar-refractivity contribution in [1.29, 1.82) is 0 Å². The first-order valence-corrected chi connectivity index (χ1v) is 8.93. The van der Waals surface area contributed by atoms with Gasteiger partial charge in [0.1, 0.15) is 5.82 Å². The van der Waals surface area contributed by atoms with E-state index in [1.54, 1.807) is 12.1 Å². The normalized spacial score (nSPS) is 11.9. The van der Waals surface area contributed by atoms with Crippen molar-refractivity contribution in [2.45, 2.75) is 33.0 Å². The second-order valence-corrected chi connectivity index (χ2v) is 7.04. The van der Waals surface area contributed by atoms with E-state index in [9.17, 15) is 4.39 Å². The lowest BCUT2D eigenvalue weighted by Gasteiger charge is -2.26. The van der Waals surface area contributed by atoms with Crippen LogP contribution in [0.1, 0.15) is 25.0 Å². The predicted octanol–water partition coefficient (Wildman–Crippen LogP) is 5.27. The van der Waals surface area contributed by atoms with Crippen molar-refractivity contribution in [3.63, 3.8) is 0 Å². The van der Waals surface area contributed by atoms with Crippen LogP contribution in [-0.4, -0.2) is 20.9 Å². The molecule has 0 saturated heterocycles. The highest BCUT2D eigenvalue weighted by atomic mass is 19.1. The highest BCUT2D eigenvalue weighted by Crippen LogP contribution is 2.23. The summed E-state index contributed by atoms with van der Waals surface area (Å²) >= 11 is 0. The Bertz CT molecular complexity index is 1050. The average Bonchev–Trinajstić information content (AvgIpc) is 3.03. The van der Waals surface area contributed by atoms with E-state index < -0.39 is 0 Å². The minimum absolute atomic E-state index is 0.201. The van der Waals surface area contributed by atoms with Gasteiger partial charge in [0.05, 0.1) is 5.52 Å². The number of H-pyrrole nitrogens is 1. The maximum atomic E-state index is 13.6. The van der Waals surface area contributed by atoms with Gasteiger partial charge in [0.15, 0.2) is 0 Å². The smallest absolute Gasteiger partial charge is 0.123 e. The molecule has 4 heteroatoms. The van der Waals surface area contributed by atoms with E-state index in [0.29, 0.717) is 6.04 Å². The number of hydrogen-bond donors (Lipinski definition) is 1. The van der Waals surface area contributed by atoms with E-state index in [1.165, 1.54) is 11.6 Å². The fourth-order valence-electron chi connectivity index (χ4n) is 3.36. The molecule has 4 aromatic rings. The fourth-order valence-corrected chi connectivity index (χ4v) is 3.36. The molecule has 0 atom stereocenters. The summed E-state index contributed by atoms with van der Waals surface area (Å²) < 4.78 is 13.6. The molecular formula is C22H22FN3. The molecule has 3 nitrogen and oxygen atoms in total. The van der Waals surface area contributed by atoms with Crippen molar-refractivity contribution in [1.82, 2.24) is 14.9 Å². The van der Waals surface area contributed by atoms with E-state index in [4.69, 9.17) is 0 Å². The number of nitrogens with one attached hydrogen (secondary N) is 1. The van der Waals surface area contributed by atoms with Crippen LogP contribution in [-0.2, 0) is 13.1 Å². The molecule has 2 heterocycles. The molecule has 0 aliphatic rings. The Morgan fingerprint density at radius 2 is 1.92 bits per heavy atom. The van der Waals surface area contributed by atoms with E-state index in [1.807, 2.05) is 30.6 Å². The lowest BCUT2D eigenvalue weighted by Crippen LogP contribution is -2.29. The summed E-state index contributed by atoms with van der Waals surface area (Å²) in [7, 11) is 0. The van der Waals surface area contributed by atoms with Crippen LogP contribution in [0.3, 0.4) is 0 Å². The molecular weight excluding hydrogens is 325 g/mol. The van der Waals surface area contributed by atoms with E-state index >= 15 is 0 Å². The van der Waals surface area contributed by atoms with Crippen LogP contribution in [0.25, 0.3) is 21.8 Å². The minimum Gasteiger partial charge on any atom is -0.361 e. The van der Waals surface area contributed by atoms with Gasteiger partial charge in [0.2, 0.25) is 0 Å². The van der Waals surface area contributed by atoms with Gasteiger partial charge in [-0.2, -0.15) is 0 Å². The summed E-state index contributed by atoms with van der Waals surface area (Å²) in [6.07, 6.45) is 3.94. The van der Waals surface area contributed by atoms with Crippen molar-refractivity contribution in [3.05, 3.63) is 77.9 Å². The number of para-hydroxylation sites is 1. The third-order valence-corrected chi connectivity index (χ3v) is 4.87. The molecule has 2 aromatic heterocycles. The Balaban J connectivity index is 1.61. The number of pyridine rings is 1. The number of aromatic nitrogens is 2. The molecule has 0 spiro atoms. The van der Waals surface area contributed by atoms with Gasteiger partial charge in [-0.05, 0) is 55.3 Å².